The van der Waals surface area contributed by atoms with Gasteiger partial charge in [0, 0.05) is 29.5 Å². The number of hydrogen-bond acceptors (Lipinski definition) is 7. The maximum absolute atomic E-state index is 12.6. The number of hydrogen-bond donors (Lipinski definition) is 1. The molecule has 10 heteroatoms. The third-order valence-electron chi connectivity index (χ3n) is 5.26. The van der Waals surface area contributed by atoms with E-state index in [0.29, 0.717) is 41.0 Å². The van der Waals surface area contributed by atoms with E-state index in [1.54, 1.807) is 35.7 Å². The van der Waals surface area contributed by atoms with Gasteiger partial charge in [0.05, 0.1) is 20.4 Å². The van der Waals surface area contributed by atoms with Gasteiger partial charge < -0.3 is 14.8 Å². The lowest BCUT2D eigenvalue weighted by Crippen LogP contribution is -2.25. The van der Waals surface area contributed by atoms with Crippen molar-refractivity contribution in [3.63, 3.8) is 0 Å². The van der Waals surface area contributed by atoms with Crippen LogP contribution in [0.1, 0.15) is 29.3 Å². The number of carbonyl (C=O) groups excluding carboxylic acids is 1. The number of carbonyl (C=O) groups is 1. The molecule has 4 aromatic rings. The Balaban J connectivity index is 1.63. The van der Waals surface area contributed by atoms with E-state index < -0.39 is 0 Å². The molecular formula is C20H19N7O3. The highest BCUT2D eigenvalue weighted by Crippen LogP contribution is 2.42. The summed E-state index contributed by atoms with van der Waals surface area (Å²) in [5.74, 6) is 2.84. The lowest BCUT2D eigenvalue weighted by Gasteiger charge is -2.25. The van der Waals surface area contributed by atoms with E-state index in [-0.39, 0.29) is 11.8 Å². The molecule has 0 spiro atoms. The molecular weight excluding hydrogens is 386 g/mol. The molecule has 5 rings (SSSR count). The van der Waals surface area contributed by atoms with E-state index in [0.717, 1.165) is 11.1 Å². The van der Waals surface area contributed by atoms with Crippen LogP contribution in [-0.4, -0.2) is 49.7 Å². The monoisotopic (exact) mass is 405 g/mol. The molecule has 4 heterocycles. The minimum absolute atomic E-state index is 0.103. The zero-order valence-electron chi connectivity index (χ0n) is 16.7. The predicted octanol–water partition coefficient (Wildman–Crippen LogP) is 2.11. The van der Waals surface area contributed by atoms with Gasteiger partial charge in [0.1, 0.15) is 17.3 Å². The van der Waals surface area contributed by atoms with Crippen molar-refractivity contribution in [3.05, 3.63) is 53.5 Å². The summed E-state index contributed by atoms with van der Waals surface area (Å²) in [7, 11) is 3.21. The van der Waals surface area contributed by atoms with Gasteiger partial charge in [0.2, 0.25) is 5.91 Å². The molecule has 0 radical (unpaired) electrons. The number of methoxy groups -OCH3 is 2. The largest absolute Gasteiger partial charge is 0.497 e. The fourth-order valence-electron chi connectivity index (χ4n) is 3.78. The zero-order chi connectivity index (χ0) is 20.8. The molecule has 1 N–H and O–H groups in total. The van der Waals surface area contributed by atoms with Gasteiger partial charge in [-0.1, -0.05) is 6.07 Å². The zero-order valence-corrected chi connectivity index (χ0v) is 16.7. The van der Waals surface area contributed by atoms with Crippen LogP contribution in [0.2, 0.25) is 0 Å². The average molecular weight is 405 g/mol. The predicted molar refractivity (Wildman–Crippen MR) is 107 cm³/mol. The number of ether oxygens (including phenoxy) is 2. The van der Waals surface area contributed by atoms with Crippen LogP contribution < -0.4 is 14.8 Å². The molecule has 0 saturated heterocycles. The van der Waals surface area contributed by atoms with E-state index in [2.05, 4.69) is 25.7 Å². The third-order valence-corrected chi connectivity index (χ3v) is 5.26. The van der Waals surface area contributed by atoms with Gasteiger partial charge in [-0.05, 0) is 25.1 Å². The maximum Gasteiger partial charge on any atom is 0.226 e. The average Bonchev–Trinajstić information content (AvgIpc) is 3.36. The van der Waals surface area contributed by atoms with Gasteiger partial charge in [-0.3, -0.25) is 4.79 Å². The molecule has 1 atom stereocenters. The minimum Gasteiger partial charge on any atom is -0.497 e. The summed E-state index contributed by atoms with van der Waals surface area (Å²) in [6.07, 6.45) is 2.05. The SMILES string of the molecule is COc1ccc([C@H]2CC(=O)Nc3c2cnn3-c2ccc3nnc(C)n3n2)c(OC)c1. The molecule has 0 fully saturated rings. The standard InChI is InChI=1S/C20H19N7O3/c1-11-23-24-17-6-7-18(25-26(11)17)27-20-15(10-21-27)14(9-19(28)22-20)13-5-4-12(29-2)8-16(13)30-3/h4-8,10,14H,9H2,1-3H3,(H,22,28)/t14-/m1/s1. The quantitative estimate of drug-likeness (QED) is 0.554. The Kier molecular flexibility index (Phi) is 4.12. The van der Waals surface area contributed by atoms with Crippen LogP contribution in [0, 0.1) is 6.92 Å². The van der Waals surface area contributed by atoms with Crippen molar-refractivity contribution in [2.45, 2.75) is 19.3 Å². The van der Waals surface area contributed by atoms with Crippen molar-refractivity contribution >= 4 is 17.4 Å². The molecule has 0 saturated carbocycles. The summed E-state index contributed by atoms with van der Waals surface area (Å²) in [4.78, 5) is 12.6. The maximum atomic E-state index is 12.6. The molecule has 152 valence electrons. The van der Waals surface area contributed by atoms with E-state index in [4.69, 9.17) is 9.47 Å². The van der Waals surface area contributed by atoms with Gasteiger partial charge in [-0.25, -0.2) is 0 Å². The number of nitrogens with one attached hydrogen (secondary N) is 1. The normalized spacial score (nSPS) is 15.7. The molecule has 1 aliphatic rings. The first-order valence-corrected chi connectivity index (χ1v) is 9.38. The van der Waals surface area contributed by atoms with Crippen molar-refractivity contribution in [3.8, 4) is 17.3 Å². The molecule has 1 amide bonds. The first-order valence-electron chi connectivity index (χ1n) is 9.38. The fourth-order valence-corrected chi connectivity index (χ4v) is 3.78. The van der Waals surface area contributed by atoms with Crippen LogP contribution in [0.3, 0.4) is 0 Å². The molecule has 1 aromatic carbocycles. The van der Waals surface area contributed by atoms with Crippen molar-refractivity contribution in [2.75, 3.05) is 19.5 Å². The first kappa shape index (κ1) is 18.1. The number of anilines is 1. The number of amides is 1. The van der Waals surface area contributed by atoms with Crippen molar-refractivity contribution in [1.29, 1.82) is 0 Å². The summed E-state index contributed by atoms with van der Waals surface area (Å²) >= 11 is 0. The van der Waals surface area contributed by atoms with Crippen LogP contribution in [0.25, 0.3) is 11.5 Å². The first-order chi connectivity index (χ1) is 14.6. The number of rotatable bonds is 4. The van der Waals surface area contributed by atoms with E-state index in [1.807, 2.05) is 31.2 Å². The number of aryl methyl sites for hydroxylation is 1. The second-order valence-corrected chi connectivity index (χ2v) is 6.98. The topological polar surface area (TPSA) is 108 Å². The highest BCUT2D eigenvalue weighted by molar-refractivity contribution is 5.94. The molecule has 10 nitrogen and oxygen atoms in total. The van der Waals surface area contributed by atoms with E-state index in [1.165, 1.54) is 0 Å². The molecule has 0 unspecified atom stereocenters. The smallest absolute Gasteiger partial charge is 0.226 e. The Morgan fingerprint density at radius 2 is 1.97 bits per heavy atom. The second-order valence-electron chi connectivity index (χ2n) is 6.98. The highest BCUT2D eigenvalue weighted by Gasteiger charge is 2.32. The van der Waals surface area contributed by atoms with Crippen LogP contribution >= 0.6 is 0 Å². The Hall–Kier alpha value is -3.95. The molecule has 1 aliphatic heterocycles. The van der Waals surface area contributed by atoms with Crippen LogP contribution in [0.5, 0.6) is 11.5 Å². The van der Waals surface area contributed by atoms with Crippen molar-refractivity contribution in [2.24, 2.45) is 0 Å². The number of fused-ring (bicyclic) bond motifs is 2. The Bertz CT molecular complexity index is 1280. The Morgan fingerprint density at radius 1 is 1.10 bits per heavy atom. The van der Waals surface area contributed by atoms with Crippen LogP contribution in [0.15, 0.2) is 36.5 Å². The highest BCUT2D eigenvalue weighted by atomic mass is 16.5. The van der Waals surface area contributed by atoms with Crippen LogP contribution in [0.4, 0.5) is 5.82 Å². The third kappa shape index (κ3) is 2.76. The Labute approximate surface area is 171 Å². The van der Waals surface area contributed by atoms with E-state index in [9.17, 15) is 4.79 Å². The number of aromatic nitrogens is 6. The van der Waals surface area contributed by atoms with Gasteiger partial charge in [-0.2, -0.15) is 14.3 Å². The van der Waals surface area contributed by atoms with Gasteiger partial charge in [-0.15, -0.1) is 15.3 Å². The van der Waals surface area contributed by atoms with Crippen molar-refractivity contribution < 1.29 is 14.3 Å². The van der Waals surface area contributed by atoms with Gasteiger partial charge in [0.15, 0.2) is 17.3 Å². The van der Waals surface area contributed by atoms with Gasteiger partial charge >= 0.3 is 0 Å². The number of nitrogens with zero attached hydrogens (tertiary/aromatic N) is 6. The second kappa shape index (κ2) is 6.83. The fraction of sp³-hybridized carbons (Fsp3) is 0.250. The Morgan fingerprint density at radius 3 is 2.77 bits per heavy atom. The van der Waals surface area contributed by atoms with Crippen LogP contribution in [-0.2, 0) is 4.79 Å². The molecule has 0 bridgehead atoms. The van der Waals surface area contributed by atoms with Gasteiger partial charge in [0.25, 0.3) is 0 Å². The lowest BCUT2D eigenvalue weighted by molar-refractivity contribution is -0.116. The molecule has 30 heavy (non-hydrogen) atoms. The summed E-state index contributed by atoms with van der Waals surface area (Å²) in [6.45, 7) is 1.82. The summed E-state index contributed by atoms with van der Waals surface area (Å²) in [5.41, 5.74) is 2.43. The summed E-state index contributed by atoms with van der Waals surface area (Å²) in [5, 5.41) is 20.1. The lowest BCUT2D eigenvalue weighted by atomic mass is 9.86. The minimum atomic E-state index is -0.205. The van der Waals surface area contributed by atoms with Crippen molar-refractivity contribution in [1.82, 2.24) is 29.6 Å². The summed E-state index contributed by atoms with van der Waals surface area (Å²) < 4.78 is 14.1. The molecule has 3 aromatic heterocycles. The molecule has 0 aliphatic carbocycles. The summed E-state index contributed by atoms with van der Waals surface area (Å²) in [6, 6.07) is 9.20. The van der Waals surface area contributed by atoms with E-state index >= 15 is 0 Å². The number of benzene rings is 1.